The second-order valence-corrected chi connectivity index (χ2v) is 8.14. The van der Waals surface area contributed by atoms with E-state index < -0.39 is 10.0 Å². The van der Waals surface area contributed by atoms with Crippen molar-refractivity contribution in [3.8, 4) is 11.3 Å². The van der Waals surface area contributed by atoms with Crippen LogP contribution in [0.1, 0.15) is 0 Å². The molecule has 1 aromatic carbocycles. The van der Waals surface area contributed by atoms with Gasteiger partial charge in [0.2, 0.25) is 0 Å². The Morgan fingerprint density at radius 2 is 2.00 bits per heavy atom. The molecule has 0 saturated heterocycles. The minimum atomic E-state index is -3.64. The van der Waals surface area contributed by atoms with E-state index in [4.69, 9.17) is 5.73 Å². The first-order chi connectivity index (χ1) is 10.4. The smallest absolute Gasteiger partial charge is 0.304 e. The predicted octanol–water partition coefficient (Wildman–Crippen LogP) is 2.55. The van der Waals surface area contributed by atoms with E-state index in [9.17, 15) is 13.2 Å². The van der Waals surface area contributed by atoms with Gasteiger partial charge in [-0.25, -0.2) is 8.42 Å². The number of sulfonamides is 1. The molecule has 114 valence electrons. The Bertz CT molecular complexity index is 956. The third kappa shape index (κ3) is 3.06. The van der Waals surface area contributed by atoms with Crippen LogP contribution in [0.4, 0.5) is 11.4 Å². The summed E-state index contributed by atoms with van der Waals surface area (Å²) in [7, 11) is -3.64. The highest BCUT2D eigenvalue weighted by atomic mass is 32.2. The van der Waals surface area contributed by atoms with Crippen molar-refractivity contribution in [3.63, 3.8) is 0 Å². The van der Waals surface area contributed by atoms with Gasteiger partial charge < -0.3 is 10.7 Å². The molecule has 0 aliphatic heterocycles. The number of nitrogens with one attached hydrogen (secondary N) is 2. The first-order valence-corrected chi connectivity index (χ1v) is 9.33. The second-order valence-electron chi connectivity index (χ2n) is 4.44. The van der Waals surface area contributed by atoms with Crippen molar-refractivity contribution in [2.24, 2.45) is 0 Å². The number of hydrogen-bond donors (Lipinski definition) is 3. The Labute approximate surface area is 134 Å². The van der Waals surface area contributed by atoms with Gasteiger partial charge in [0, 0.05) is 16.6 Å². The van der Waals surface area contributed by atoms with Crippen molar-refractivity contribution in [1.82, 2.24) is 4.98 Å². The van der Waals surface area contributed by atoms with Crippen molar-refractivity contribution in [1.29, 1.82) is 0 Å². The Morgan fingerprint density at radius 1 is 1.18 bits per heavy atom. The number of aromatic amines is 1. The van der Waals surface area contributed by atoms with Crippen LogP contribution in [0.2, 0.25) is 0 Å². The normalized spacial score (nSPS) is 11.5. The van der Waals surface area contributed by atoms with Gasteiger partial charge in [-0.15, -0.1) is 11.3 Å². The second kappa shape index (κ2) is 5.59. The van der Waals surface area contributed by atoms with Crippen LogP contribution in [0.25, 0.3) is 11.3 Å². The minimum absolute atomic E-state index is 0.182. The summed E-state index contributed by atoms with van der Waals surface area (Å²) in [6, 6.07) is 8.01. The SMILES string of the molecule is Nc1cc(NS(=O)(=O)c2cccs2)cc(-c2csc(=O)[nH]2)c1. The van der Waals surface area contributed by atoms with E-state index in [-0.39, 0.29) is 9.08 Å². The highest BCUT2D eigenvalue weighted by Crippen LogP contribution is 2.27. The molecule has 0 bridgehead atoms. The van der Waals surface area contributed by atoms with E-state index in [1.807, 2.05) is 0 Å². The fraction of sp³-hybridized carbons (Fsp3) is 0. The molecule has 0 fully saturated rings. The third-order valence-corrected chi connectivity index (χ3v) is 6.25. The molecule has 0 amide bonds. The first-order valence-electron chi connectivity index (χ1n) is 6.09. The molecule has 0 unspecified atom stereocenters. The number of nitrogen functional groups attached to an aromatic ring is 1. The lowest BCUT2D eigenvalue weighted by Crippen LogP contribution is -2.11. The van der Waals surface area contributed by atoms with E-state index in [2.05, 4.69) is 9.71 Å². The number of thiazole rings is 1. The molecule has 0 spiro atoms. The largest absolute Gasteiger partial charge is 0.399 e. The van der Waals surface area contributed by atoms with Gasteiger partial charge in [-0.2, -0.15) is 0 Å². The molecular formula is C13H11N3O3S3. The molecule has 22 heavy (non-hydrogen) atoms. The number of aromatic nitrogens is 1. The van der Waals surface area contributed by atoms with Gasteiger partial charge in [-0.1, -0.05) is 17.4 Å². The van der Waals surface area contributed by atoms with Crippen LogP contribution in [-0.2, 0) is 10.0 Å². The van der Waals surface area contributed by atoms with Crippen LogP contribution in [-0.4, -0.2) is 13.4 Å². The lowest BCUT2D eigenvalue weighted by Gasteiger charge is -2.09. The maximum Gasteiger partial charge on any atom is 0.304 e. The molecule has 9 heteroatoms. The third-order valence-electron chi connectivity index (χ3n) is 2.80. The standard InChI is InChI=1S/C13H11N3O3S3/c14-9-4-8(11-7-21-13(17)15-11)5-10(6-9)16-22(18,19)12-2-1-3-20-12/h1-7,16H,14H2,(H,15,17). The summed E-state index contributed by atoms with van der Waals surface area (Å²) in [5, 5.41) is 3.35. The van der Waals surface area contributed by atoms with Gasteiger partial charge in [0.15, 0.2) is 0 Å². The van der Waals surface area contributed by atoms with Gasteiger partial charge in [-0.05, 0) is 29.6 Å². The summed E-state index contributed by atoms with van der Waals surface area (Å²) in [5.41, 5.74) is 7.80. The average Bonchev–Trinajstić information content (AvgIpc) is 3.08. The number of benzene rings is 1. The molecule has 3 aromatic rings. The fourth-order valence-electron chi connectivity index (χ4n) is 1.91. The van der Waals surface area contributed by atoms with Crippen molar-refractivity contribution in [2.45, 2.75) is 4.21 Å². The van der Waals surface area contributed by atoms with Crippen molar-refractivity contribution in [3.05, 3.63) is 50.8 Å². The number of nitrogens with two attached hydrogens (primary N) is 1. The number of thiophene rings is 1. The number of H-pyrrole nitrogens is 1. The lowest BCUT2D eigenvalue weighted by molar-refractivity contribution is 0.603. The summed E-state index contributed by atoms with van der Waals surface area (Å²) in [4.78, 5) is 13.7. The Kier molecular flexibility index (Phi) is 3.77. The zero-order chi connectivity index (χ0) is 15.7. The Balaban J connectivity index is 1.98. The van der Waals surface area contributed by atoms with Crippen molar-refractivity contribution in [2.75, 3.05) is 10.5 Å². The van der Waals surface area contributed by atoms with Gasteiger partial charge in [0.05, 0.1) is 11.4 Å². The first kappa shape index (κ1) is 14.8. The van der Waals surface area contributed by atoms with Crippen LogP contribution in [0.3, 0.4) is 0 Å². The Morgan fingerprint density at radius 3 is 2.64 bits per heavy atom. The van der Waals surface area contributed by atoms with Crippen molar-refractivity contribution < 1.29 is 8.42 Å². The van der Waals surface area contributed by atoms with Gasteiger partial charge in [0.25, 0.3) is 10.0 Å². The Hall–Kier alpha value is -2.10. The molecule has 0 aliphatic rings. The molecular weight excluding hydrogens is 342 g/mol. The molecule has 0 aliphatic carbocycles. The summed E-state index contributed by atoms with van der Waals surface area (Å²) < 4.78 is 27.2. The van der Waals surface area contributed by atoms with Crippen LogP contribution in [0, 0.1) is 0 Å². The molecule has 2 aromatic heterocycles. The molecule has 0 saturated carbocycles. The monoisotopic (exact) mass is 353 g/mol. The van der Waals surface area contributed by atoms with Gasteiger partial charge >= 0.3 is 4.87 Å². The van der Waals surface area contributed by atoms with E-state index in [0.29, 0.717) is 22.6 Å². The zero-order valence-electron chi connectivity index (χ0n) is 11.1. The van der Waals surface area contributed by atoms with E-state index >= 15 is 0 Å². The van der Waals surface area contributed by atoms with E-state index in [1.54, 1.807) is 29.0 Å². The average molecular weight is 353 g/mol. The topological polar surface area (TPSA) is 105 Å². The number of hydrogen-bond acceptors (Lipinski definition) is 6. The minimum Gasteiger partial charge on any atom is -0.399 e. The van der Waals surface area contributed by atoms with E-state index in [1.165, 1.54) is 12.1 Å². The highest BCUT2D eigenvalue weighted by Gasteiger charge is 2.16. The summed E-state index contributed by atoms with van der Waals surface area (Å²) >= 11 is 2.16. The van der Waals surface area contributed by atoms with E-state index in [0.717, 1.165) is 22.7 Å². The van der Waals surface area contributed by atoms with Crippen LogP contribution in [0.15, 0.2) is 50.1 Å². The van der Waals surface area contributed by atoms with Gasteiger partial charge in [-0.3, -0.25) is 9.52 Å². The van der Waals surface area contributed by atoms with Crippen molar-refractivity contribution >= 4 is 44.1 Å². The molecule has 0 radical (unpaired) electrons. The zero-order valence-corrected chi connectivity index (χ0v) is 13.5. The van der Waals surface area contributed by atoms with Crippen LogP contribution < -0.4 is 15.3 Å². The van der Waals surface area contributed by atoms with Gasteiger partial charge in [0.1, 0.15) is 4.21 Å². The predicted molar refractivity (Wildman–Crippen MR) is 89.9 cm³/mol. The maximum atomic E-state index is 12.2. The molecule has 4 N–H and O–H groups in total. The summed E-state index contributed by atoms with van der Waals surface area (Å²) in [6.45, 7) is 0. The molecule has 3 rings (SSSR count). The quantitative estimate of drug-likeness (QED) is 0.627. The molecule has 6 nitrogen and oxygen atoms in total. The highest BCUT2D eigenvalue weighted by molar-refractivity contribution is 7.94. The van der Waals surface area contributed by atoms with Crippen LogP contribution >= 0.6 is 22.7 Å². The number of anilines is 2. The molecule has 0 atom stereocenters. The summed E-state index contributed by atoms with van der Waals surface area (Å²) in [5.74, 6) is 0. The van der Waals surface area contributed by atoms with Crippen LogP contribution in [0.5, 0.6) is 0 Å². The fourth-order valence-corrected chi connectivity index (χ4v) is 4.53. The maximum absolute atomic E-state index is 12.2. The molecule has 2 heterocycles. The summed E-state index contributed by atoms with van der Waals surface area (Å²) in [6.07, 6.45) is 0. The number of rotatable bonds is 4. The lowest BCUT2D eigenvalue weighted by atomic mass is 10.1.